The first-order chi connectivity index (χ1) is 16.5. The highest BCUT2D eigenvalue weighted by Gasteiger charge is 2.20. The van der Waals surface area contributed by atoms with Gasteiger partial charge in [-0.05, 0) is 60.7 Å². The zero-order chi connectivity index (χ0) is 23.7. The monoisotopic (exact) mass is 468 g/mol. The Kier molecular flexibility index (Phi) is 5.69. The lowest BCUT2D eigenvalue weighted by Crippen LogP contribution is -2.22. The molecule has 4 aromatic rings. The van der Waals surface area contributed by atoms with Crippen LogP contribution < -0.4 is 5.32 Å². The van der Waals surface area contributed by atoms with Crippen molar-refractivity contribution in [1.29, 1.82) is 0 Å². The van der Waals surface area contributed by atoms with Gasteiger partial charge in [-0.25, -0.2) is 4.99 Å². The SMILES string of the molecule is O=C(NCc1ccc(O)cc1O)c1ccc2c(c1)N=C(c1ccc(O)cc1)c1ccccc1S2. The van der Waals surface area contributed by atoms with Crippen molar-refractivity contribution in [3.8, 4) is 17.2 Å². The maximum Gasteiger partial charge on any atom is 0.251 e. The second-order valence-electron chi connectivity index (χ2n) is 7.78. The van der Waals surface area contributed by atoms with Crippen molar-refractivity contribution in [1.82, 2.24) is 5.32 Å². The highest BCUT2D eigenvalue weighted by atomic mass is 32.2. The fraction of sp³-hybridized carbons (Fsp3) is 0.0370. The molecule has 0 saturated carbocycles. The van der Waals surface area contributed by atoms with Crippen molar-refractivity contribution >= 4 is 29.1 Å². The maximum atomic E-state index is 12.9. The van der Waals surface area contributed by atoms with E-state index in [4.69, 9.17) is 4.99 Å². The average Bonchev–Trinajstić information content (AvgIpc) is 3.00. The minimum absolute atomic E-state index is 0.0425. The van der Waals surface area contributed by atoms with E-state index in [-0.39, 0.29) is 29.7 Å². The van der Waals surface area contributed by atoms with Crippen LogP contribution in [0.2, 0.25) is 0 Å². The molecule has 0 aromatic heterocycles. The molecule has 0 fully saturated rings. The number of carbonyl (C=O) groups excluding carboxylic acids is 1. The van der Waals surface area contributed by atoms with E-state index in [2.05, 4.69) is 5.32 Å². The van der Waals surface area contributed by atoms with Gasteiger partial charge in [0.15, 0.2) is 0 Å². The van der Waals surface area contributed by atoms with Crippen LogP contribution in [0.1, 0.15) is 27.0 Å². The number of carbonyl (C=O) groups is 1. The third-order valence-electron chi connectivity index (χ3n) is 5.46. The van der Waals surface area contributed by atoms with Crippen molar-refractivity contribution in [3.63, 3.8) is 0 Å². The van der Waals surface area contributed by atoms with E-state index in [1.54, 1.807) is 42.1 Å². The number of nitrogens with zero attached hydrogens (tertiary/aromatic N) is 1. The molecular formula is C27H20N2O4S. The fourth-order valence-electron chi connectivity index (χ4n) is 3.70. The Morgan fingerprint density at radius 2 is 1.59 bits per heavy atom. The van der Waals surface area contributed by atoms with Crippen LogP contribution in [0.4, 0.5) is 5.69 Å². The number of rotatable bonds is 4. The molecular weight excluding hydrogens is 448 g/mol. The summed E-state index contributed by atoms with van der Waals surface area (Å²) in [5, 5.41) is 31.9. The third-order valence-corrected chi connectivity index (χ3v) is 6.61. The molecule has 168 valence electrons. The summed E-state index contributed by atoms with van der Waals surface area (Å²) >= 11 is 1.59. The number of fused-ring (bicyclic) bond motifs is 2. The van der Waals surface area contributed by atoms with Crippen molar-refractivity contribution in [3.05, 3.63) is 107 Å². The molecule has 0 aliphatic carbocycles. The molecule has 1 amide bonds. The highest BCUT2D eigenvalue weighted by Crippen LogP contribution is 2.41. The molecule has 34 heavy (non-hydrogen) atoms. The standard InChI is InChI=1S/C27H20N2O4S/c30-19-9-5-16(6-10-19)26-21-3-1-2-4-24(21)34-25-12-8-17(13-22(25)29-26)27(33)28-15-18-7-11-20(31)14-23(18)32/h1-14,30-32H,15H2,(H,28,33). The van der Waals surface area contributed by atoms with E-state index >= 15 is 0 Å². The number of hydrogen-bond acceptors (Lipinski definition) is 6. The van der Waals surface area contributed by atoms with Crippen molar-refractivity contribution in [2.45, 2.75) is 16.3 Å². The minimum atomic E-state index is -0.302. The quantitative estimate of drug-likeness (QED) is 0.284. The van der Waals surface area contributed by atoms with Crippen LogP contribution in [0.25, 0.3) is 0 Å². The van der Waals surface area contributed by atoms with Gasteiger partial charge in [0, 0.05) is 44.7 Å². The first-order valence-electron chi connectivity index (χ1n) is 10.6. The first kappa shape index (κ1) is 21.6. The molecule has 0 radical (unpaired) electrons. The predicted octanol–water partition coefficient (Wildman–Crippen LogP) is 5.37. The Morgan fingerprint density at radius 3 is 2.38 bits per heavy atom. The van der Waals surface area contributed by atoms with Gasteiger partial charge in [0.1, 0.15) is 17.2 Å². The van der Waals surface area contributed by atoms with Gasteiger partial charge in [-0.3, -0.25) is 4.79 Å². The van der Waals surface area contributed by atoms with E-state index < -0.39 is 0 Å². The lowest BCUT2D eigenvalue weighted by molar-refractivity contribution is 0.0950. The molecule has 0 bridgehead atoms. The number of amides is 1. The van der Waals surface area contributed by atoms with Crippen LogP contribution in [-0.2, 0) is 6.54 Å². The van der Waals surface area contributed by atoms with E-state index in [1.807, 2.05) is 42.5 Å². The average molecular weight is 469 g/mol. The van der Waals surface area contributed by atoms with Crippen molar-refractivity contribution < 1.29 is 20.1 Å². The van der Waals surface area contributed by atoms with Crippen molar-refractivity contribution in [2.75, 3.05) is 0 Å². The molecule has 1 heterocycles. The zero-order valence-corrected chi connectivity index (χ0v) is 18.7. The predicted molar refractivity (Wildman–Crippen MR) is 131 cm³/mol. The Balaban J connectivity index is 1.48. The molecule has 7 heteroatoms. The van der Waals surface area contributed by atoms with Gasteiger partial charge in [-0.2, -0.15) is 0 Å². The smallest absolute Gasteiger partial charge is 0.251 e. The van der Waals surface area contributed by atoms with Crippen LogP contribution >= 0.6 is 11.8 Å². The zero-order valence-electron chi connectivity index (χ0n) is 17.9. The van der Waals surface area contributed by atoms with Gasteiger partial charge in [0.05, 0.1) is 11.4 Å². The summed E-state index contributed by atoms with van der Waals surface area (Å²) in [7, 11) is 0. The number of hydrogen-bond donors (Lipinski definition) is 4. The minimum Gasteiger partial charge on any atom is -0.508 e. The summed E-state index contributed by atoms with van der Waals surface area (Å²) in [6, 6.07) is 24.5. The van der Waals surface area contributed by atoms with Crippen molar-refractivity contribution in [2.24, 2.45) is 4.99 Å². The Hall–Kier alpha value is -4.23. The van der Waals surface area contributed by atoms with E-state index in [0.717, 1.165) is 26.6 Å². The molecule has 1 aliphatic heterocycles. The second kappa shape index (κ2) is 8.96. The summed E-state index contributed by atoms with van der Waals surface area (Å²) in [5.41, 5.74) is 4.20. The highest BCUT2D eigenvalue weighted by molar-refractivity contribution is 7.99. The van der Waals surface area contributed by atoms with Crippen LogP contribution in [-0.4, -0.2) is 26.9 Å². The van der Waals surface area contributed by atoms with Gasteiger partial charge < -0.3 is 20.6 Å². The molecule has 4 aromatic carbocycles. The Labute approximate surface area is 200 Å². The van der Waals surface area contributed by atoms with Gasteiger partial charge >= 0.3 is 0 Å². The van der Waals surface area contributed by atoms with Gasteiger partial charge in [-0.1, -0.05) is 30.0 Å². The number of phenols is 3. The number of aromatic hydroxyl groups is 3. The second-order valence-corrected chi connectivity index (χ2v) is 8.87. The Bertz CT molecular complexity index is 1430. The summed E-state index contributed by atoms with van der Waals surface area (Å²) < 4.78 is 0. The fourth-order valence-corrected chi connectivity index (χ4v) is 4.70. The Morgan fingerprint density at radius 1 is 0.824 bits per heavy atom. The number of aliphatic imine (C=N–C) groups is 1. The van der Waals surface area contributed by atoms with Crippen LogP contribution in [0.3, 0.4) is 0 Å². The van der Waals surface area contributed by atoms with Crippen LogP contribution in [0, 0.1) is 0 Å². The summed E-state index contributed by atoms with van der Waals surface area (Å²) in [6.07, 6.45) is 0. The molecule has 1 aliphatic rings. The van der Waals surface area contributed by atoms with Crippen LogP contribution in [0.5, 0.6) is 17.2 Å². The van der Waals surface area contributed by atoms with E-state index in [1.165, 1.54) is 12.1 Å². The largest absolute Gasteiger partial charge is 0.508 e. The van der Waals surface area contributed by atoms with E-state index in [0.29, 0.717) is 16.8 Å². The first-order valence-corrected chi connectivity index (χ1v) is 11.4. The summed E-state index contributed by atoms with van der Waals surface area (Å²) in [6.45, 7) is 0.115. The number of benzene rings is 4. The summed E-state index contributed by atoms with van der Waals surface area (Å²) in [4.78, 5) is 19.8. The topological polar surface area (TPSA) is 102 Å². The normalized spacial score (nSPS) is 12.2. The molecule has 4 N–H and O–H groups in total. The van der Waals surface area contributed by atoms with Crippen LogP contribution in [0.15, 0.2) is 99.7 Å². The van der Waals surface area contributed by atoms with Gasteiger partial charge in [0.25, 0.3) is 5.91 Å². The molecule has 0 unspecified atom stereocenters. The molecule has 5 rings (SSSR count). The number of nitrogens with one attached hydrogen (secondary N) is 1. The molecule has 6 nitrogen and oxygen atoms in total. The molecule has 0 spiro atoms. The molecule has 0 atom stereocenters. The third kappa shape index (κ3) is 4.33. The van der Waals surface area contributed by atoms with E-state index in [9.17, 15) is 20.1 Å². The lowest BCUT2D eigenvalue weighted by atomic mass is 10.0. The lowest BCUT2D eigenvalue weighted by Gasteiger charge is -2.09. The van der Waals surface area contributed by atoms with Gasteiger partial charge in [-0.15, -0.1) is 0 Å². The van der Waals surface area contributed by atoms with Gasteiger partial charge in [0.2, 0.25) is 0 Å². The summed E-state index contributed by atoms with van der Waals surface area (Å²) in [5.74, 6) is -0.248. The maximum absolute atomic E-state index is 12.9. The molecule has 0 saturated heterocycles. The number of phenolic OH excluding ortho intramolecular Hbond substituents is 3.